The number of ether oxygens (including phenoxy) is 3. The van der Waals surface area contributed by atoms with Crippen molar-refractivity contribution in [2.45, 2.75) is 6.92 Å². The third-order valence-corrected chi connectivity index (χ3v) is 2.41. The summed E-state index contributed by atoms with van der Waals surface area (Å²) in [5.74, 6) is 0.321. The molecule has 0 aliphatic heterocycles. The zero-order chi connectivity index (χ0) is 14.1. The Morgan fingerprint density at radius 1 is 1.26 bits per heavy atom. The molecule has 0 fully saturated rings. The van der Waals surface area contributed by atoms with Crippen molar-refractivity contribution in [1.29, 1.82) is 5.26 Å². The van der Waals surface area contributed by atoms with Crippen molar-refractivity contribution in [1.82, 2.24) is 0 Å². The van der Waals surface area contributed by atoms with Gasteiger partial charge in [-0.15, -0.1) is 0 Å². The van der Waals surface area contributed by atoms with Crippen LogP contribution in [0.4, 0.5) is 0 Å². The van der Waals surface area contributed by atoms with E-state index >= 15 is 0 Å². The molecule has 0 aromatic heterocycles. The van der Waals surface area contributed by atoms with Gasteiger partial charge in [0.05, 0.1) is 37.0 Å². The first-order valence-corrected chi connectivity index (χ1v) is 5.93. The number of carbonyl (C=O) groups excluding carboxylic acids is 1. The number of benzene rings is 1. The van der Waals surface area contributed by atoms with Crippen molar-refractivity contribution in [3.8, 4) is 11.8 Å². The molecule has 0 saturated heterocycles. The number of hydrogen-bond donors (Lipinski definition) is 0. The first-order valence-electron chi connectivity index (χ1n) is 5.93. The summed E-state index contributed by atoms with van der Waals surface area (Å²) in [4.78, 5) is 11.4. The highest BCUT2D eigenvalue weighted by Gasteiger charge is 2.09. The van der Waals surface area contributed by atoms with Gasteiger partial charge in [0.1, 0.15) is 12.4 Å². The minimum atomic E-state index is -0.0974. The molecule has 0 spiro atoms. The molecule has 0 amide bonds. The lowest BCUT2D eigenvalue weighted by Crippen LogP contribution is -2.11. The lowest BCUT2D eigenvalue weighted by Gasteiger charge is -2.10. The third-order valence-electron chi connectivity index (χ3n) is 2.41. The van der Waals surface area contributed by atoms with Gasteiger partial charge in [-0.25, -0.2) is 0 Å². The Bertz CT molecular complexity index is 465. The summed E-state index contributed by atoms with van der Waals surface area (Å²) in [5.41, 5.74) is 0.927. The van der Waals surface area contributed by atoms with Crippen LogP contribution in [-0.2, 0) is 9.47 Å². The van der Waals surface area contributed by atoms with Crippen LogP contribution in [0.25, 0.3) is 0 Å². The summed E-state index contributed by atoms with van der Waals surface area (Å²) < 4.78 is 15.6. The van der Waals surface area contributed by atoms with Gasteiger partial charge in [-0.1, -0.05) is 0 Å². The monoisotopic (exact) mass is 263 g/mol. The van der Waals surface area contributed by atoms with Crippen LogP contribution in [0.15, 0.2) is 18.2 Å². The van der Waals surface area contributed by atoms with E-state index < -0.39 is 0 Å². The largest absolute Gasteiger partial charge is 0.490 e. The molecule has 5 nitrogen and oxygen atoms in total. The molecule has 0 bridgehead atoms. The maximum absolute atomic E-state index is 11.4. The molecular weight excluding hydrogens is 246 g/mol. The fourth-order valence-electron chi connectivity index (χ4n) is 1.46. The molecule has 0 heterocycles. The Hall–Kier alpha value is -1.90. The van der Waals surface area contributed by atoms with Crippen LogP contribution in [0, 0.1) is 11.3 Å². The number of ketones is 1. The summed E-state index contributed by atoms with van der Waals surface area (Å²) in [6.45, 7) is 3.21. The number of rotatable bonds is 8. The van der Waals surface area contributed by atoms with Crippen molar-refractivity contribution in [3.63, 3.8) is 0 Å². The van der Waals surface area contributed by atoms with E-state index in [1.165, 1.54) is 6.92 Å². The van der Waals surface area contributed by atoms with Crippen LogP contribution in [0.5, 0.6) is 5.75 Å². The van der Waals surface area contributed by atoms with E-state index in [1.54, 1.807) is 25.3 Å². The van der Waals surface area contributed by atoms with Crippen molar-refractivity contribution < 1.29 is 19.0 Å². The fourth-order valence-corrected chi connectivity index (χ4v) is 1.46. The molecule has 0 radical (unpaired) electrons. The molecule has 5 heteroatoms. The van der Waals surface area contributed by atoms with Gasteiger partial charge in [-0.3, -0.25) is 4.79 Å². The number of nitriles is 1. The van der Waals surface area contributed by atoms with Crippen molar-refractivity contribution in [2.75, 3.05) is 33.5 Å². The maximum atomic E-state index is 11.4. The van der Waals surface area contributed by atoms with Gasteiger partial charge < -0.3 is 14.2 Å². The molecule has 1 rings (SSSR count). The highest BCUT2D eigenvalue weighted by atomic mass is 16.5. The molecule has 0 N–H and O–H groups in total. The van der Waals surface area contributed by atoms with Crippen LogP contribution < -0.4 is 4.74 Å². The molecule has 0 unspecified atom stereocenters. The van der Waals surface area contributed by atoms with Crippen LogP contribution >= 0.6 is 0 Å². The molecule has 1 aromatic carbocycles. The molecule has 0 saturated carbocycles. The van der Waals surface area contributed by atoms with Crippen LogP contribution in [0.1, 0.15) is 22.8 Å². The first-order chi connectivity index (χ1) is 9.19. The second-order valence-electron chi connectivity index (χ2n) is 3.83. The number of carbonyl (C=O) groups is 1. The summed E-state index contributed by atoms with van der Waals surface area (Å²) in [7, 11) is 1.60. The molecule has 0 aliphatic rings. The third kappa shape index (κ3) is 5.08. The van der Waals surface area contributed by atoms with Crippen LogP contribution in [-0.4, -0.2) is 39.3 Å². The van der Waals surface area contributed by atoms with E-state index in [0.29, 0.717) is 43.3 Å². The number of nitrogens with zero attached hydrogens (tertiary/aromatic N) is 1. The van der Waals surface area contributed by atoms with E-state index in [2.05, 4.69) is 0 Å². The van der Waals surface area contributed by atoms with Crippen LogP contribution in [0.2, 0.25) is 0 Å². The Morgan fingerprint density at radius 2 is 2.00 bits per heavy atom. The smallest absolute Gasteiger partial charge is 0.163 e. The zero-order valence-corrected chi connectivity index (χ0v) is 11.1. The van der Waals surface area contributed by atoms with E-state index in [4.69, 9.17) is 19.5 Å². The van der Waals surface area contributed by atoms with E-state index in [9.17, 15) is 4.79 Å². The molecule has 19 heavy (non-hydrogen) atoms. The Labute approximate surface area is 112 Å². The topological polar surface area (TPSA) is 68.6 Å². The second-order valence-corrected chi connectivity index (χ2v) is 3.83. The lowest BCUT2D eigenvalue weighted by molar-refractivity contribution is 0.0542. The van der Waals surface area contributed by atoms with E-state index in [1.807, 2.05) is 6.07 Å². The van der Waals surface area contributed by atoms with Gasteiger partial charge in [0.15, 0.2) is 5.78 Å². The van der Waals surface area contributed by atoms with Crippen LogP contribution in [0.3, 0.4) is 0 Å². The summed E-state index contributed by atoms with van der Waals surface area (Å²) in [6.07, 6.45) is 0. The highest BCUT2D eigenvalue weighted by Crippen LogP contribution is 2.20. The van der Waals surface area contributed by atoms with Crippen molar-refractivity contribution in [3.05, 3.63) is 29.3 Å². The molecule has 0 atom stereocenters. The Balaban J connectivity index is 2.56. The quantitative estimate of drug-likeness (QED) is 0.528. The molecule has 0 aliphatic carbocycles. The normalized spacial score (nSPS) is 9.95. The Morgan fingerprint density at radius 3 is 2.63 bits per heavy atom. The van der Waals surface area contributed by atoms with Crippen molar-refractivity contribution >= 4 is 5.78 Å². The van der Waals surface area contributed by atoms with Gasteiger partial charge in [0, 0.05) is 7.11 Å². The van der Waals surface area contributed by atoms with E-state index in [-0.39, 0.29) is 5.78 Å². The summed E-state index contributed by atoms with van der Waals surface area (Å²) in [5, 5.41) is 8.83. The highest BCUT2D eigenvalue weighted by molar-refractivity contribution is 5.97. The lowest BCUT2D eigenvalue weighted by atomic mass is 10.1. The SMILES string of the molecule is COCCOCCOc1cc(C#N)ccc1C(C)=O. The fraction of sp³-hybridized carbons (Fsp3) is 0.429. The predicted octanol–water partition coefficient (Wildman–Crippen LogP) is 1.80. The summed E-state index contributed by atoms with van der Waals surface area (Å²) in [6, 6.07) is 6.77. The van der Waals surface area contributed by atoms with Gasteiger partial charge in [0.2, 0.25) is 0 Å². The van der Waals surface area contributed by atoms with Gasteiger partial charge in [-0.2, -0.15) is 5.26 Å². The minimum Gasteiger partial charge on any atom is -0.490 e. The van der Waals surface area contributed by atoms with Gasteiger partial charge in [-0.05, 0) is 25.1 Å². The average Bonchev–Trinajstić information content (AvgIpc) is 2.42. The maximum Gasteiger partial charge on any atom is 0.163 e. The zero-order valence-electron chi connectivity index (χ0n) is 11.1. The van der Waals surface area contributed by atoms with E-state index in [0.717, 1.165) is 0 Å². The number of Topliss-reactive ketones (excluding diaryl/α,β-unsaturated/α-hetero) is 1. The number of methoxy groups -OCH3 is 1. The minimum absolute atomic E-state index is 0.0974. The van der Waals surface area contributed by atoms with Crippen molar-refractivity contribution in [2.24, 2.45) is 0 Å². The first kappa shape index (κ1) is 15.2. The average molecular weight is 263 g/mol. The summed E-state index contributed by atoms with van der Waals surface area (Å²) >= 11 is 0. The standard InChI is InChI=1S/C14H17NO4/c1-11(16)13-4-3-12(10-15)9-14(13)19-8-7-18-6-5-17-2/h3-4,9H,5-8H2,1-2H3. The molecule has 102 valence electrons. The van der Waals surface area contributed by atoms with Gasteiger partial charge in [0.25, 0.3) is 0 Å². The number of hydrogen-bond acceptors (Lipinski definition) is 5. The van der Waals surface area contributed by atoms with Gasteiger partial charge >= 0.3 is 0 Å². The molecular formula is C14H17NO4. The predicted molar refractivity (Wildman–Crippen MR) is 69.4 cm³/mol. The Kier molecular flexibility index (Phi) is 6.58. The molecule has 1 aromatic rings. The second kappa shape index (κ2) is 8.25.